The van der Waals surface area contributed by atoms with Crippen LogP contribution in [0.5, 0.6) is 0 Å². The first-order chi connectivity index (χ1) is 12.3. The van der Waals surface area contributed by atoms with Gasteiger partial charge >= 0.3 is 0 Å². The third-order valence-corrected chi connectivity index (χ3v) is 5.49. The lowest BCUT2D eigenvalue weighted by atomic mass is 10.1. The number of benzene rings is 2. The molecule has 8 heteroatoms. The maximum Gasteiger partial charge on any atom is 0.251 e. The molecule has 0 aliphatic rings. The van der Waals surface area contributed by atoms with E-state index in [1.807, 2.05) is 12.1 Å². The van der Waals surface area contributed by atoms with Crippen LogP contribution in [0.2, 0.25) is 5.02 Å². The van der Waals surface area contributed by atoms with Crippen molar-refractivity contribution in [2.45, 2.75) is 12.7 Å². The van der Waals surface area contributed by atoms with Gasteiger partial charge in [0.1, 0.15) is 0 Å². The van der Waals surface area contributed by atoms with Gasteiger partial charge in [0.15, 0.2) is 0 Å². The molecule has 0 heterocycles. The first-order valence-electron chi connectivity index (χ1n) is 7.94. The van der Waals surface area contributed by atoms with E-state index in [2.05, 4.69) is 29.1 Å². The summed E-state index contributed by atoms with van der Waals surface area (Å²) in [5, 5.41) is 3.02. The Morgan fingerprint density at radius 3 is 2.58 bits per heavy atom. The predicted octanol–water partition coefficient (Wildman–Crippen LogP) is 3.68. The number of hydrogen-bond acceptors (Lipinski definition) is 4. The normalized spacial score (nSPS) is 11.2. The first kappa shape index (κ1) is 20.6. The molecule has 0 saturated heterocycles. The highest BCUT2D eigenvalue weighted by Crippen LogP contribution is 2.24. The van der Waals surface area contributed by atoms with Gasteiger partial charge in [-0.2, -0.15) is 11.8 Å². The molecule has 0 atom stereocenters. The third-order valence-electron chi connectivity index (χ3n) is 3.58. The van der Waals surface area contributed by atoms with E-state index >= 15 is 0 Å². The van der Waals surface area contributed by atoms with E-state index in [0.29, 0.717) is 12.1 Å². The molecule has 0 radical (unpaired) electrons. The van der Waals surface area contributed by atoms with Gasteiger partial charge in [-0.3, -0.25) is 9.52 Å². The molecule has 0 unspecified atom stereocenters. The summed E-state index contributed by atoms with van der Waals surface area (Å²) in [6, 6.07) is 12.7. The second-order valence-corrected chi connectivity index (χ2v) is 9.06. The van der Waals surface area contributed by atoms with Crippen LogP contribution in [0.4, 0.5) is 5.69 Å². The highest BCUT2D eigenvalue weighted by Gasteiger charge is 2.11. The van der Waals surface area contributed by atoms with Gasteiger partial charge in [0, 0.05) is 23.6 Å². The minimum Gasteiger partial charge on any atom is -0.351 e. The Labute approximate surface area is 163 Å². The molecule has 2 aromatic carbocycles. The van der Waals surface area contributed by atoms with Crippen molar-refractivity contribution >= 4 is 45.0 Å². The molecule has 0 spiro atoms. The summed E-state index contributed by atoms with van der Waals surface area (Å²) in [5.74, 6) is 1.45. The van der Waals surface area contributed by atoms with Crippen molar-refractivity contribution in [3.63, 3.8) is 0 Å². The maximum atomic E-state index is 12.2. The van der Waals surface area contributed by atoms with Crippen LogP contribution in [-0.4, -0.2) is 32.9 Å². The quantitative estimate of drug-likeness (QED) is 0.648. The number of carbonyl (C=O) groups is 1. The van der Waals surface area contributed by atoms with Crippen LogP contribution in [-0.2, 0) is 15.8 Å². The van der Waals surface area contributed by atoms with Gasteiger partial charge in [0.25, 0.3) is 5.91 Å². The van der Waals surface area contributed by atoms with Crippen LogP contribution in [0.3, 0.4) is 0 Å². The number of thioether (sulfide) groups is 1. The zero-order chi connectivity index (χ0) is 19.2. The van der Waals surface area contributed by atoms with Gasteiger partial charge in [-0.15, -0.1) is 0 Å². The molecular formula is C18H21ClN2O3S2. The molecule has 2 rings (SSSR count). The second-order valence-electron chi connectivity index (χ2n) is 5.80. The van der Waals surface area contributed by atoms with Gasteiger partial charge in [-0.25, -0.2) is 8.42 Å². The number of hydrogen-bond donors (Lipinski definition) is 2. The topological polar surface area (TPSA) is 75.3 Å². The molecule has 2 N–H and O–H groups in total. The summed E-state index contributed by atoms with van der Waals surface area (Å²) in [4.78, 5) is 12.2. The number of carbonyl (C=O) groups excluding carboxylic acids is 1. The first-order valence-corrected chi connectivity index (χ1v) is 11.4. The summed E-state index contributed by atoms with van der Waals surface area (Å²) >= 11 is 7.79. The van der Waals surface area contributed by atoms with Crippen LogP contribution >= 0.6 is 23.4 Å². The summed E-state index contributed by atoms with van der Waals surface area (Å²) in [6.07, 6.45) is 1.04. The molecule has 0 saturated carbocycles. The lowest BCUT2D eigenvalue weighted by Crippen LogP contribution is -2.25. The fourth-order valence-electron chi connectivity index (χ4n) is 2.23. The van der Waals surface area contributed by atoms with Gasteiger partial charge in [-0.05, 0) is 36.2 Å². The molecule has 1 amide bonds. The average molecular weight is 413 g/mol. The lowest BCUT2D eigenvalue weighted by molar-refractivity contribution is 0.0956. The van der Waals surface area contributed by atoms with Crippen LogP contribution in [0.15, 0.2) is 42.5 Å². The Balaban J connectivity index is 1.81. The lowest BCUT2D eigenvalue weighted by Gasteiger charge is -2.09. The van der Waals surface area contributed by atoms with E-state index in [-0.39, 0.29) is 16.6 Å². The summed E-state index contributed by atoms with van der Waals surface area (Å²) < 4.78 is 24.8. The van der Waals surface area contributed by atoms with Crippen molar-refractivity contribution in [2.24, 2.45) is 0 Å². The number of amides is 1. The third kappa shape index (κ3) is 6.55. The van der Waals surface area contributed by atoms with Crippen LogP contribution in [0.25, 0.3) is 0 Å². The minimum atomic E-state index is -3.42. The molecule has 0 aliphatic heterocycles. The van der Waals surface area contributed by atoms with Gasteiger partial charge in [0.05, 0.1) is 17.0 Å². The molecule has 5 nitrogen and oxygen atoms in total. The largest absolute Gasteiger partial charge is 0.351 e. The molecule has 2 aromatic rings. The smallest absolute Gasteiger partial charge is 0.251 e. The van der Waals surface area contributed by atoms with Gasteiger partial charge in [-0.1, -0.05) is 35.9 Å². The number of sulfonamides is 1. The fourth-order valence-corrected chi connectivity index (χ4v) is 4.03. The van der Waals surface area contributed by atoms with E-state index in [0.717, 1.165) is 17.8 Å². The van der Waals surface area contributed by atoms with Crippen molar-refractivity contribution < 1.29 is 13.2 Å². The average Bonchev–Trinajstić information content (AvgIpc) is 2.56. The van der Waals surface area contributed by atoms with Crippen molar-refractivity contribution in [1.29, 1.82) is 0 Å². The van der Waals surface area contributed by atoms with Crippen LogP contribution < -0.4 is 10.0 Å². The van der Waals surface area contributed by atoms with Gasteiger partial charge in [0.2, 0.25) is 10.0 Å². The molecule has 140 valence electrons. The Bertz CT molecular complexity index is 886. The molecule has 26 heavy (non-hydrogen) atoms. The molecule has 0 aliphatic carbocycles. The number of nitrogens with one attached hydrogen (secondary N) is 2. The monoisotopic (exact) mass is 412 g/mol. The number of rotatable bonds is 8. The minimum absolute atomic E-state index is 0.178. The highest BCUT2D eigenvalue weighted by molar-refractivity contribution is 7.98. The SMILES string of the molecule is Cc1ccccc1CSCCNC(=O)c1ccc(NS(C)(=O)=O)c(Cl)c1. The number of anilines is 1. The number of aryl methyl sites for hydroxylation is 1. The Kier molecular flexibility index (Phi) is 7.37. The summed E-state index contributed by atoms with van der Waals surface area (Å²) in [7, 11) is -3.42. The highest BCUT2D eigenvalue weighted by atomic mass is 35.5. The second kappa shape index (κ2) is 9.30. The fraction of sp³-hybridized carbons (Fsp3) is 0.278. The zero-order valence-electron chi connectivity index (χ0n) is 14.6. The Hall–Kier alpha value is -1.70. The van der Waals surface area contributed by atoms with E-state index in [1.165, 1.54) is 29.3 Å². The van der Waals surface area contributed by atoms with E-state index < -0.39 is 10.0 Å². The van der Waals surface area contributed by atoms with E-state index in [4.69, 9.17) is 11.6 Å². The molecule has 0 bridgehead atoms. The summed E-state index contributed by atoms with van der Waals surface area (Å²) in [5.41, 5.74) is 3.20. The van der Waals surface area contributed by atoms with Gasteiger partial charge < -0.3 is 5.32 Å². The standard InChI is InChI=1S/C18H21ClN2O3S2/c1-13-5-3-4-6-15(13)12-25-10-9-20-18(22)14-7-8-17(16(19)11-14)21-26(2,23)24/h3-8,11,21H,9-10,12H2,1-2H3,(H,20,22). The molecule has 0 fully saturated rings. The van der Waals surface area contributed by atoms with Crippen molar-refractivity contribution in [3.05, 3.63) is 64.2 Å². The van der Waals surface area contributed by atoms with Crippen molar-refractivity contribution in [2.75, 3.05) is 23.3 Å². The van der Waals surface area contributed by atoms with Crippen molar-refractivity contribution in [1.82, 2.24) is 5.32 Å². The van der Waals surface area contributed by atoms with E-state index in [9.17, 15) is 13.2 Å². The molecular weight excluding hydrogens is 392 g/mol. The summed E-state index contributed by atoms with van der Waals surface area (Å²) in [6.45, 7) is 2.63. The molecule has 0 aromatic heterocycles. The predicted molar refractivity (Wildman–Crippen MR) is 110 cm³/mol. The van der Waals surface area contributed by atoms with E-state index in [1.54, 1.807) is 11.8 Å². The maximum absolute atomic E-state index is 12.2. The Morgan fingerprint density at radius 1 is 1.19 bits per heavy atom. The van der Waals surface area contributed by atoms with Crippen molar-refractivity contribution in [3.8, 4) is 0 Å². The van der Waals surface area contributed by atoms with Crippen LogP contribution in [0.1, 0.15) is 21.5 Å². The number of halogens is 1. The zero-order valence-corrected chi connectivity index (χ0v) is 17.0. The van der Waals surface area contributed by atoms with Crippen LogP contribution in [0, 0.1) is 6.92 Å². The Morgan fingerprint density at radius 2 is 1.92 bits per heavy atom.